The van der Waals surface area contributed by atoms with Crippen LogP contribution in [0.3, 0.4) is 0 Å². The SMILES string of the molecule is Cc1[nH]ncc1C(=O)N1CCCC(C)C1CN. The van der Waals surface area contributed by atoms with E-state index in [0.717, 1.165) is 25.1 Å². The molecule has 0 bridgehead atoms. The number of aromatic nitrogens is 2. The summed E-state index contributed by atoms with van der Waals surface area (Å²) in [4.78, 5) is 14.3. The first-order valence-corrected chi connectivity index (χ1v) is 6.16. The number of H-pyrrole nitrogens is 1. The Balaban J connectivity index is 2.21. The van der Waals surface area contributed by atoms with Crippen molar-refractivity contribution in [2.24, 2.45) is 11.7 Å². The van der Waals surface area contributed by atoms with Crippen LogP contribution in [-0.2, 0) is 0 Å². The van der Waals surface area contributed by atoms with Crippen LogP contribution in [0.2, 0.25) is 0 Å². The number of nitrogens with zero attached hydrogens (tertiary/aromatic N) is 2. The lowest BCUT2D eigenvalue weighted by Crippen LogP contribution is -2.51. The van der Waals surface area contributed by atoms with E-state index in [1.54, 1.807) is 6.20 Å². The maximum absolute atomic E-state index is 12.4. The van der Waals surface area contributed by atoms with E-state index in [2.05, 4.69) is 17.1 Å². The van der Waals surface area contributed by atoms with Crippen molar-refractivity contribution in [3.05, 3.63) is 17.5 Å². The molecule has 17 heavy (non-hydrogen) atoms. The molecule has 0 spiro atoms. The van der Waals surface area contributed by atoms with Gasteiger partial charge in [-0.2, -0.15) is 5.10 Å². The molecule has 94 valence electrons. The van der Waals surface area contributed by atoms with Gasteiger partial charge in [-0.25, -0.2) is 0 Å². The smallest absolute Gasteiger partial charge is 0.257 e. The zero-order chi connectivity index (χ0) is 12.4. The molecule has 2 unspecified atom stereocenters. The van der Waals surface area contributed by atoms with E-state index in [4.69, 9.17) is 5.73 Å². The lowest BCUT2D eigenvalue weighted by Gasteiger charge is -2.39. The molecule has 5 nitrogen and oxygen atoms in total. The normalized spacial score (nSPS) is 25.0. The number of aryl methyl sites for hydroxylation is 1. The van der Waals surface area contributed by atoms with Crippen molar-refractivity contribution in [2.45, 2.75) is 32.7 Å². The number of nitrogens with two attached hydrogens (primary N) is 1. The molecule has 1 aromatic rings. The van der Waals surface area contributed by atoms with Gasteiger partial charge in [-0.1, -0.05) is 6.92 Å². The van der Waals surface area contributed by atoms with Crippen LogP contribution in [0, 0.1) is 12.8 Å². The topological polar surface area (TPSA) is 75.0 Å². The third-order valence-corrected chi connectivity index (χ3v) is 3.68. The van der Waals surface area contributed by atoms with E-state index in [1.165, 1.54) is 0 Å². The van der Waals surface area contributed by atoms with E-state index < -0.39 is 0 Å². The van der Waals surface area contributed by atoms with Crippen LogP contribution in [0.1, 0.15) is 35.8 Å². The Labute approximate surface area is 101 Å². The second kappa shape index (κ2) is 4.87. The number of carbonyl (C=O) groups is 1. The van der Waals surface area contributed by atoms with Gasteiger partial charge in [-0.15, -0.1) is 0 Å². The Morgan fingerprint density at radius 3 is 3.06 bits per heavy atom. The first kappa shape index (κ1) is 12.1. The molecule has 1 aromatic heterocycles. The summed E-state index contributed by atoms with van der Waals surface area (Å²) in [5.74, 6) is 0.531. The van der Waals surface area contributed by atoms with Crippen molar-refractivity contribution in [1.29, 1.82) is 0 Å². The summed E-state index contributed by atoms with van der Waals surface area (Å²) < 4.78 is 0. The number of amides is 1. The minimum atomic E-state index is 0.0539. The zero-order valence-corrected chi connectivity index (χ0v) is 10.4. The van der Waals surface area contributed by atoms with Crippen LogP contribution in [-0.4, -0.2) is 40.1 Å². The largest absolute Gasteiger partial charge is 0.334 e. The average molecular weight is 236 g/mol. The van der Waals surface area contributed by atoms with Crippen molar-refractivity contribution in [3.8, 4) is 0 Å². The zero-order valence-electron chi connectivity index (χ0n) is 10.4. The molecule has 2 heterocycles. The summed E-state index contributed by atoms with van der Waals surface area (Å²) >= 11 is 0. The van der Waals surface area contributed by atoms with Crippen LogP contribution < -0.4 is 5.73 Å². The fourth-order valence-corrected chi connectivity index (χ4v) is 2.58. The van der Waals surface area contributed by atoms with Crippen LogP contribution in [0.25, 0.3) is 0 Å². The van der Waals surface area contributed by atoms with Gasteiger partial charge in [0, 0.05) is 24.8 Å². The third-order valence-electron chi connectivity index (χ3n) is 3.68. The van der Waals surface area contributed by atoms with Gasteiger partial charge in [0.05, 0.1) is 11.8 Å². The van der Waals surface area contributed by atoms with Crippen molar-refractivity contribution in [1.82, 2.24) is 15.1 Å². The number of hydrogen-bond acceptors (Lipinski definition) is 3. The predicted molar refractivity (Wildman–Crippen MR) is 65.6 cm³/mol. The van der Waals surface area contributed by atoms with Crippen molar-refractivity contribution in [3.63, 3.8) is 0 Å². The highest BCUT2D eigenvalue weighted by atomic mass is 16.2. The molecule has 2 atom stereocenters. The minimum absolute atomic E-state index is 0.0539. The van der Waals surface area contributed by atoms with E-state index in [1.807, 2.05) is 11.8 Å². The molecular weight excluding hydrogens is 216 g/mol. The number of carbonyl (C=O) groups excluding carboxylic acids is 1. The molecule has 0 aromatic carbocycles. The fraction of sp³-hybridized carbons (Fsp3) is 0.667. The number of piperidine rings is 1. The summed E-state index contributed by atoms with van der Waals surface area (Å²) in [6, 6.07) is 0.158. The van der Waals surface area contributed by atoms with Gasteiger partial charge < -0.3 is 10.6 Å². The van der Waals surface area contributed by atoms with Crippen molar-refractivity contribution in [2.75, 3.05) is 13.1 Å². The summed E-state index contributed by atoms with van der Waals surface area (Å²) in [5, 5.41) is 6.71. The van der Waals surface area contributed by atoms with Crippen LogP contribution in [0.5, 0.6) is 0 Å². The Bertz CT molecular complexity index is 401. The highest BCUT2D eigenvalue weighted by Crippen LogP contribution is 2.24. The standard InChI is InChI=1S/C12H20N4O/c1-8-4-3-5-16(11(8)6-13)12(17)10-7-14-15-9(10)2/h7-8,11H,3-6,13H2,1-2H3,(H,14,15). The van der Waals surface area contributed by atoms with Gasteiger partial charge in [0.15, 0.2) is 0 Å². The second-order valence-electron chi connectivity index (χ2n) is 4.83. The molecule has 1 aliphatic rings. The van der Waals surface area contributed by atoms with Gasteiger partial charge in [-0.05, 0) is 25.7 Å². The highest BCUT2D eigenvalue weighted by Gasteiger charge is 2.32. The van der Waals surface area contributed by atoms with Gasteiger partial charge in [0.2, 0.25) is 0 Å². The quantitative estimate of drug-likeness (QED) is 0.801. The molecule has 0 radical (unpaired) electrons. The first-order valence-electron chi connectivity index (χ1n) is 6.16. The number of hydrogen-bond donors (Lipinski definition) is 2. The molecule has 1 fully saturated rings. The van der Waals surface area contributed by atoms with E-state index >= 15 is 0 Å². The van der Waals surface area contributed by atoms with Gasteiger partial charge >= 0.3 is 0 Å². The number of rotatable bonds is 2. The lowest BCUT2D eigenvalue weighted by atomic mass is 9.90. The Kier molecular flexibility index (Phi) is 3.47. The van der Waals surface area contributed by atoms with Gasteiger partial charge in [0.25, 0.3) is 5.91 Å². The van der Waals surface area contributed by atoms with Gasteiger partial charge in [-0.3, -0.25) is 9.89 Å². The van der Waals surface area contributed by atoms with E-state index in [0.29, 0.717) is 18.0 Å². The maximum atomic E-state index is 12.4. The molecule has 0 aliphatic carbocycles. The summed E-state index contributed by atoms with van der Waals surface area (Å²) in [7, 11) is 0. The number of aromatic amines is 1. The predicted octanol–water partition coefficient (Wildman–Crippen LogP) is 0.918. The van der Waals surface area contributed by atoms with E-state index in [-0.39, 0.29) is 11.9 Å². The van der Waals surface area contributed by atoms with Gasteiger partial charge in [0.1, 0.15) is 0 Å². The Hall–Kier alpha value is -1.36. The average Bonchev–Trinajstić information content (AvgIpc) is 2.74. The molecule has 5 heteroatoms. The lowest BCUT2D eigenvalue weighted by molar-refractivity contribution is 0.0532. The Morgan fingerprint density at radius 1 is 1.71 bits per heavy atom. The fourth-order valence-electron chi connectivity index (χ4n) is 2.58. The molecule has 3 N–H and O–H groups in total. The van der Waals surface area contributed by atoms with Crippen LogP contribution in [0.15, 0.2) is 6.20 Å². The van der Waals surface area contributed by atoms with E-state index in [9.17, 15) is 4.79 Å². The first-order chi connectivity index (χ1) is 8.15. The number of likely N-dealkylation sites (tertiary alicyclic amines) is 1. The van der Waals surface area contributed by atoms with Crippen LogP contribution in [0.4, 0.5) is 0 Å². The Morgan fingerprint density at radius 2 is 2.47 bits per heavy atom. The molecule has 1 saturated heterocycles. The summed E-state index contributed by atoms with van der Waals surface area (Å²) in [6.07, 6.45) is 3.81. The van der Waals surface area contributed by atoms with Crippen molar-refractivity contribution >= 4 is 5.91 Å². The monoisotopic (exact) mass is 236 g/mol. The number of nitrogens with one attached hydrogen (secondary N) is 1. The molecule has 2 rings (SSSR count). The minimum Gasteiger partial charge on any atom is -0.334 e. The molecule has 1 aliphatic heterocycles. The summed E-state index contributed by atoms with van der Waals surface area (Å²) in [5.41, 5.74) is 7.28. The molecule has 1 amide bonds. The maximum Gasteiger partial charge on any atom is 0.257 e. The highest BCUT2D eigenvalue weighted by molar-refractivity contribution is 5.95. The second-order valence-corrected chi connectivity index (χ2v) is 4.83. The molecular formula is C12H20N4O. The van der Waals surface area contributed by atoms with Crippen molar-refractivity contribution < 1.29 is 4.79 Å². The summed E-state index contributed by atoms with van der Waals surface area (Å²) in [6.45, 7) is 5.36. The third kappa shape index (κ3) is 2.20. The van der Waals surface area contributed by atoms with Crippen LogP contribution >= 0.6 is 0 Å². The molecule has 0 saturated carbocycles.